The van der Waals surface area contributed by atoms with Gasteiger partial charge in [-0.15, -0.1) is 0 Å². The second-order valence-corrected chi connectivity index (χ2v) is 4.64. The summed E-state index contributed by atoms with van der Waals surface area (Å²) in [4.78, 5) is 13.4. The van der Waals surface area contributed by atoms with Crippen molar-refractivity contribution in [1.29, 1.82) is 0 Å². The molecular weight excluding hydrogens is 235 g/mol. The van der Waals surface area contributed by atoms with Crippen LogP contribution in [0.4, 0.5) is 9.18 Å². The molecule has 1 fully saturated rings. The molecule has 1 atom stereocenters. The lowest BCUT2D eigenvalue weighted by atomic mass is 10.1. The normalized spacial score (nSPS) is 19.3. The fraction of sp³-hybridized carbons (Fsp3) is 0.462. The zero-order valence-electron chi connectivity index (χ0n) is 10.7. The largest absolute Gasteiger partial charge is 0.494 e. The number of urea groups is 1. The first-order valence-corrected chi connectivity index (χ1v) is 5.93. The van der Waals surface area contributed by atoms with Crippen LogP contribution in [0, 0.1) is 5.82 Å². The number of carbonyl (C=O) groups excluding carboxylic acids is 1. The first kappa shape index (κ1) is 12.7. The smallest absolute Gasteiger partial charge is 0.318 e. The van der Waals surface area contributed by atoms with E-state index in [1.165, 1.54) is 13.2 Å². The first-order chi connectivity index (χ1) is 8.52. The Morgan fingerprint density at radius 3 is 2.72 bits per heavy atom. The maximum Gasteiger partial charge on any atom is 0.318 e. The summed E-state index contributed by atoms with van der Waals surface area (Å²) in [6.45, 7) is 4.47. The fourth-order valence-electron chi connectivity index (χ4n) is 2.09. The zero-order chi connectivity index (χ0) is 13.3. The Labute approximate surface area is 106 Å². The molecule has 0 aliphatic carbocycles. The predicted octanol–water partition coefficient (Wildman–Crippen LogP) is 2.31. The fourth-order valence-corrected chi connectivity index (χ4v) is 2.09. The molecule has 1 aromatic carbocycles. The first-order valence-electron chi connectivity index (χ1n) is 5.93. The minimum atomic E-state index is -0.410. The Balaban J connectivity index is 2.19. The van der Waals surface area contributed by atoms with Crippen LogP contribution >= 0.6 is 0 Å². The molecule has 0 bridgehead atoms. The molecule has 1 N–H and O–H groups in total. The van der Waals surface area contributed by atoms with E-state index >= 15 is 0 Å². The molecule has 0 aromatic heterocycles. The third-order valence-corrected chi connectivity index (χ3v) is 3.14. The number of benzene rings is 1. The Bertz CT molecular complexity index is 462. The average molecular weight is 252 g/mol. The highest BCUT2D eigenvalue weighted by molar-refractivity contribution is 5.77. The molecular formula is C13H17FN2O2. The number of halogens is 1. The van der Waals surface area contributed by atoms with Crippen molar-refractivity contribution in [2.75, 3.05) is 13.7 Å². The van der Waals surface area contributed by atoms with Crippen molar-refractivity contribution in [2.24, 2.45) is 0 Å². The molecule has 1 aliphatic heterocycles. The summed E-state index contributed by atoms with van der Waals surface area (Å²) in [6, 6.07) is 4.63. The molecule has 98 valence electrons. The van der Waals surface area contributed by atoms with Gasteiger partial charge in [0.1, 0.15) is 0 Å². The number of hydrogen-bond donors (Lipinski definition) is 1. The third-order valence-electron chi connectivity index (χ3n) is 3.14. The summed E-state index contributed by atoms with van der Waals surface area (Å²) < 4.78 is 18.5. The van der Waals surface area contributed by atoms with Crippen molar-refractivity contribution in [3.8, 4) is 5.75 Å². The van der Waals surface area contributed by atoms with E-state index in [0.29, 0.717) is 6.54 Å². The van der Waals surface area contributed by atoms with Crippen molar-refractivity contribution < 1.29 is 13.9 Å². The molecule has 4 nitrogen and oxygen atoms in total. The molecule has 18 heavy (non-hydrogen) atoms. The van der Waals surface area contributed by atoms with Crippen molar-refractivity contribution in [2.45, 2.75) is 25.9 Å². The van der Waals surface area contributed by atoms with Gasteiger partial charge in [-0.2, -0.15) is 0 Å². The molecule has 2 rings (SSSR count). The van der Waals surface area contributed by atoms with Gasteiger partial charge in [-0.25, -0.2) is 9.18 Å². The van der Waals surface area contributed by atoms with E-state index in [2.05, 4.69) is 5.32 Å². The Morgan fingerprint density at radius 1 is 1.50 bits per heavy atom. The molecule has 1 aromatic rings. The topological polar surface area (TPSA) is 41.6 Å². The molecule has 0 radical (unpaired) electrons. The van der Waals surface area contributed by atoms with Gasteiger partial charge < -0.3 is 15.0 Å². The summed E-state index contributed by atoms with van der Waals surface area (Å²) in [7, 11) is 1.43. The number of rotatable bonds is 3. The Kier molecular flexibility index (Phi) is 3.41. The number of ether oxygens (including phenoxy) is 1. The average Bonchev–Trinajstić information content (AvgIpc) is 2.71. The van der Waals surface area contributed by atoms with E-state index in [0.717, 1.165) is 5.56 Å². The van der Waals surface area contributed by atoms with Crippen LogP contribution < -0.4 is 10.1 Å². The minimum Gasteiger partial charge on any atom is -0.494 e. The van der Waals surface area contributed by atoms with Gasteiger partial charge in [0.25, 0.3) is 0 Å². The standard InChI is InChI=1S/C13H17FN2O2/c1-8(2)16-7-11(15-13(16)17)9-4-5-12(18-3)10(14)6-9/h4-6,8,11H,7H2,1-3H3,(H,15,17). The zero-order valence-corrected chi connectivity index (χ0v) is 10.7. The number of amides is 2. The lowest BCUT2D eigenvalue weighted by Crippen LogP contribution is -2.33. The highest BCUT2D eigenvalue weighted by Gasteiger charge is 2.31. The van der Waals surface area contributed by atoms with Gasteiger partial charge >= 0.3 is 6.03 Å². The number of methoxy groups -OCH3 is 1. The van der Waals surface area contributed by atoms with Crippen LogP contribution in [0.3, 0.4) is 0 Å². The number of carbonyl (C=O) groups is 1. The number of hydrogen-bond acceptors (Lipinski definition) is 2. The van der Waals surface area contributed by atoms with Crippen molar-refractivity contribution in [1.82, 2.24) is 10.2 Å². The molecule has 1 heterocycles. The molecule has 0 saturated carbocycles. The SMILES string of the molecule is COc1ccc(C2CN(C(C)C)C(=O)N2)cc1F. The van der Waals surface area contributed by atoms with Gasteiger partial charge in [0.15, 0.2) is 11.6 Å². The van der Waals surface area contributed by atoms with Crippen LogP contribution in [0.5, 0.6) is 5.75 Å². The molecule has 0 spiro atoms. The number of nitrogens with zero attached hydrogens (tertiary/aromatic N) is 1. The van der Waals surface area contributed by atoms with Crippen LogP contribution in [0.1, 0.15) is 25.5 Å². The van der Waals surface area contributed by atoms with Crippen LogP contribution in [-0.2, 0) is 0 Å². The van der Waals surface area contributed by atoms with Crippen LogP contribution in [0.2, 0.25) is 0 Å². The molecule has 1 saturated heterocycles. The van der Waals surface area contributed by atoms with Crippen LogP contribution in [0.15, 0.2) is 18.2 Å². The Morgan fingerprint density at radius 2 is 2.22 bits per heavy atom. The summed E-state index contributed by atoms with van der Waals surface area (Å²) in [5.41, 5.74) is 0.754. The highest BCUT2D eigenvalue weighted by Crippen LogP contribution is 2.25. The monoisotopic (exact) mass is 252 g/mol. The summed E-state index contributed by atoms with van der Waals surface area (Å²) in [6.07, 6.45) is 0. The predicted molar refractivity (Wildman–Crippen MR) is 66.1 cm³/mol. The van der Waals surface area contributed by atoms with Crippen molar-refractivity contribution in [3.05, 3.63) is 29.6 Å². The third kappa shape index (κ3) is 2.25. The molecule has 1 unspecified atom stereocenters. The van der Waals surface area contributed by atoms with Gasteiger partial charge in [-0.1, -0.05) is 6.07 Å². The van der Waals surface area contributed by atoms with E-state index in [1.54, 1.807) is 17.0 Å². The molecule has 5 heteroatoms. The van der Waals surface area contributed by atoms with Gasteiger partial charge in [-0.05, 0) is 31.5 Å². The maximum absolute atomic E-state index is 13.6. The summed E-state index contributed by atoms with van der Waals surface area (Å²) in [5, 5.41) is 2.85. The van der Waals surface area contributed by atoms with Crippen LogP contribution in [0.25, 0.3) is 0 Å². The van der Waals surface area contributed by atoms with E-state index in [4.69, 9.17) is 4.74 Å². The van der Waals surface area contributed by atoms with Crippen LogP contribution in [-0.4, -0.2) is 30.6 Å². The van der Waals surface area contributed by atoms with E-state index in [9.17, 15) is 9.18 Å². The van der Waals surface area contributed by atoms with E-state index in [-0.39, 0.29) is 23.9 Å². The maximum atomic E-state index is 13.6. The van der Waals surface area contributed by atoms with Gasteiger partial charge in [0.2, 0.25) is 0 Å². The van der Waals surface area contributed by atoms with E-state index < -0.39 is 5.82 Å². The van der Waals surface area contributed by atoms with Crippen molar-refractivity contribution >= 4 is 6.03 Å². The lowest BCUT2D eigenvalue weighted by Gasteiger charge is -2.18. The van der Waals surface area contributed by atoms with Crippen molar-refractivity contribution in [3.63, 3.8) is 0 Å². The summed E-state index contributed by atoms with van der Waals surface area (Å²) in [5.74, 6) is -0.198. The lowest BCUT2D eigenvalue weighted by molar-refractivity contribution is 0.206. The van der Waals surface area contributed by atoms with Gasteiger partial charge in [0, 0.05) is 12.6 Å². The molecule has 1 aliphatic rings. The van der Waals surface area contributed by atoms with Gasteiger partial charge in [0.05, 0.1) is 13.2 Å². The quantitative estimate of drug-likeness (QED) is 0.897. The highest BCUT2D eigenvalue weighted by atomic mass is 19.1. The summed E-state index contributed by atoms with van der Waals surface area (Å²) >= 11 is 0. The second-order valence-electron chi connectivity index (χ2n) is 4.64. The van der Waals surface area contributed by atoms with Gasteiger partial charge in [-0.3, -0.25) is 0 Å². The Hall–Kier alpha value is -1.78. The minimum absolute atomic E-state index is 0.105. The number of nitrogens with one attached hydrogen (secondary N) is 1. The second kappa shape index (κ2) is 4.84. The van der Waals surface area contributed by atoms with E-state index in [1.807, 2.05) is 13.8 Å². The molecule has 2 amide bonds.